The summed E-state index contributed by atoms with van der Waals surface area (Å²) < 4.78 is 0. The molecule has 2 fully saturated rings. The molecule has 1 aliphatic heterocycles. The maximum atomic E-state index is 11.2. The topological polar surface area (TPSA) is 29.1 Å². The molecule has 1 saturated heterocycles. The SMILES string of the molecule is CC1CC(=O)NC12CCCCC2. The van der Waals surface area contributed by atoms with Gasteiger partial charge in [0.15, 0.2) is 0 Å². The molecule has 1 N–H and O–H groups in total. The van der Waals surface area contributed by atoms with E-state index in [-0.39, 0.29) is 11.4 Å². The highest BCUT2D eigenvalue weighted by atomic mass is 16.2. The lowest BCUT2D eigenvalue weighted by Crippen LogP contribution is -2.46. The van der Waals surface area contributed by atoms with E-state index in [2.05, 4.69) is 12.2 Å². The van der Waals surface area contributed by atoms with Crippen LogP contribution in [-0.2, 0) is 4.79 Å². The Labute approximate surface area is 73.7 Å². The van der Waals surface area contributed by atoms with Gasteiger partial charge in [0.05, 0.1) is 0 Å². The van der Waals surface area contributed by atoms with Crippen molar-refractivity contribution in [3.8, 4) is 0 Å². The minimum absolute atomic E-state index is 0.204. The maximum Gasteiger partial charge on any atom is 0.220 e. The molecule has 0 aromatic carbocycles. The number of rotatable bonds is 0. The van der Waals surface area contributed by atoms with Gasteiger partial charge in [0, 0.05) is 12.0 Å². The van der Waals surface area contributed by atoms with Crippen molar-refractivity contribution in [1.82, 2.24) is 5.32 Å². The summed E-state index contributed by atoms with van der Waals surface area (Å²) in [6, 6.07) is 0. The lowest BCUT2D eigenvalue weighted by Gasteiger charge is -2.37. The molecular weight excluding hydrogens is 150 g/mol. The van der Waals surface area contributed by atoms with Gasteiger partial charge in [0.25, 0.3) is 0 Å². The molecule has 0 bridgehead atoms. The number of nitrogens with one attached hydrogen (secondary N) is 1. The minimum Gasteiger partial charge on any atom is -0.350 e. The molecule has 1 atom stereocenters. The normalized spacial score (nSPS) is 33.8. The Morgan fingerprint density at radius 1 is 1.33 bits per heavy atom. The van der Waals surface area contributed by atoms with Crippen LogP contribution in [0.4, 0.5) is 0 Å². The molecule has 1 heterocycles. The van der Waals surface area contributed by atoms with Crippen LogP contribution in [0.2, 0.25) is 0 Å². The van der Waals surface area contributed by atoms with E-state index in [4.69, 9.17) is 0 Å². The molecule has 2 aliphatic rings. The van der Waals surface area contributed by atoms with E-state index in [1.165, 1.54) is 32.1 Å². The van der Waals surface area contributed by atoms with E-state index in [9.17, 15) is 4.79 Å². The first-order valence-corrected chi connectivity index (χ1v) is 5.04. The first kappa shape index (κ1) is 8.09. The highest BCUT2D eigenvalue weighted by Gasteiger charge is 2.44. The Hall–Kier alpha value is -0.530. The van der Waals surface area contributed by atoms with E-state index < -0.39 is 0 Å². The van der Waals surface area contributed by atoms with Gasteiger partial charge < -0.3 is 5.32 Å². The lowest BCUT2D eigenvalue weighted by molar-refractivity contribution is -0.120. The van der Waals surface area contributed by atoms with Crippen molar-refractivity contribution in [3.63, 3.8) is 0 Å². The van der Waals surface area contributed by atoms with Gasteiger partial charge in [-0.2, -0.15) is 0 Å². The van der Waals surface area contributed by atoms with Crippen molar-refractivity contribution in [1.29, 1.82) is 0 Å². The predicted molar refractivity (Wildman–Crippen MR) is 47.7 cm³/mol. The number of amides is 1. The Morgan fingerprint density at radius 2 is 2.00 bits per heavy atom. The molecule has 1 aliphatic carbocycles. The van der Waals surface area contributed by atoms with Crippen LogP contribution in [-0.4, -0.2) is 11.4 Å². The van der Waals surface area contributed by atoms with Crippen molar-refractivity contribution in [2.24, 2.45) is 5.92 Å². The van der Waals surface area contributed by atoms with Gasteiger partial charge in [0.2, 0.25) is 5.91 Å². The Kier molecular flexibility index (Phi) is 1.85. The van der Waals surface area contributed by atoms with Crippen LogP contribution >= 0.6 is 0 Å². The molecule has 12 heavy (non-hydrogen) atoms. The number of hydrogen-bond donors (Lipinski definition) is 1. The number of carbonyl (C=O) groups is 1. The van der Waals surface area contributed by atoms with Crippen molar-refractivity contribution in [3.05, 3.63) is 0 Å². The lowest BCUT2D eigenvalue weighted by atomic mass is 9.75. The Bertz CT molecular complexity index is 194. The fourth-order valence-electron chi connectivity index (χ4n) is 2.73. The number of carbonyl (C=O) groups excluding carboxylic acids is 1. The smallest absolute Gasteiger partial charge is 0.220 e. The van der Waals surface area contributed by atoms with Gasteiger partial charge in [-0.05, 0) is 18.8 Å². The summed E-state index contributed by atoms with van der Waals surface area (Å²) >= 11 is 0. The van der Waals surface area contributed by atoms with Crippen LogP contribution in [0.15, 0.2) is 0 Å². The van der Waals surface area contributed by atoms with Crippen LogP contribution in [0, 0.1) is 5.92 Å². The molecule has 2 nitrogen and oxygen atoms in total. The summed E-state index contributed by atoms with van der Waals surface area (Å²) in [5, 5.41) is 3.18. The summed E-state index contributed by atoms with van der Waals surface area (Å²) in [7, 11) is 0. The average Bonchev–Trinajstić information content (AvgIpc) is 2.29. The molecule has 1 spiro atoms. The Balaban J connectivity index is 2.13. The second kappa shape index (κ2) is 2.75. The van der Waals surface area contributed by atoms with Crippen molar-refractivity contribution >= 4 is 5.91 Å². The molecule has 1 amide bonds. The van der Waals surface area contributed by atoms with Crippen LogP contribution < -0.4 is 5.32 Å². The van der Waals surface area contributed by atoms with E-state index in [1.54, 1.807) is 0 Å². The summed E-state index contributed by atoms with van der Waals surface area (Å²) in [6.45, 7) is 2.21. The first-order chi connectivity index (χ1) is 5.73. The second-order valence-electron chi connectivity index (χ2n) is 4.37. The van der Waals surface area contributed by atoms with Crippen molar-refractivity contribution in [2.45, 2.75) is 51.0 Å². The molecule has 0 aromatic rings. The fraction of sp³-hybridized carbons (Fsp3) is 0.900. The minimum atomic E-state index is 0.204. The van der Waals surface area contributed by atoms with Gasteiger partial charge in [-0.25, -0.2) is 0 Å². The third-order valence-corrected chi connectivity index (χ3v) is 3.57. The van der Waals surface area contributed by atoms with Gasteiger partial charge in [-0.1, -0.05) is 26.2 Å². The van der Waals surface area contributed by atoms with E-state index in [1.807, 2.05) is 0 Å². The van der Waals surface area contributed by atoms with Gasteiger partial charge in [0.1, 0.15) is 0 Å². The third kappa shape index (κ3) is 1.13. The molecule has 68 valence electrons. The van der Waals surface area contributed by atoms with Crippen LogP contribution in [0.1, 0.15) is 45.4 Å². The van der Waals surface area contributed by atoms with E-state index >= 15 is 0 Å². The highest BCUT2D eigenvalue weighted by Crippen LogP contribution is 2.39. The fourth-order valence-corrected chi connectivity index (χ4v) is 2.73. The molecule has 2 rings (SSSR count). The zero-order valence-corrected chi connectivity index (χ0v) is 7.73. The zero-order valence-electron chi connectivity index (χ0n) is 7.73. The summed E-state index contributed by atoms with van der Waals surface area (Å²) in [6.07, 6.45) is 7.11. The molecule has 0 aromatic heterocycles. The average molecular weight is 167 g/mol. The van der Waals surface area contributed by atoms with E-state index in [0.717, 1.165) is 6.42 Å². The number of hydrogen-bond acceptors (Lipinski definition) is 1. The summed E-state index contributed by atoms with van der Waals surface area (Å²) in [4.78, 5) is 11.2. The van der Waals surface area contributed by atoms with Crippen molar-refractivity contribution < 1.29 is 4.79 Å². The van der Waals surface area contributed by atoms with Gasteiger partial charge >= 0.3 is 0 Å². The summed E-state index contributed by atoms with van der Waals surface area (Å²) in [5.41, 5.74) is 0.204. The summed E-state index contributed by atoms with van der Waals surface area (Å²) in [5.74, 6) is 0.828. The van der Waals surface area contributed by atoms with Crippen LogP contribution in [0.5, 0.6) is 0 Å². The van der Waals surface area contributed by atoms with E-state index in [0.29, 0.717) is 5.92 Å². The quantitative estimate of drug-likeness (QED) is 0.586. The van der Waals surface area contributed by atoms with Crippen LogP contribution in [0.25, 0.3) is 0 Å². The Morgan fingerprint density at radius 3 is 2.50 bits per heavy atom. The third-order valence-electron chi connectivity index (χ3n) is 3.57. The molecule has 1 unspecified atom stereocenters. The second-order valence-corrected chi connectivity index (χ2v) is 4.37. The maximum absolute atomic E-state index is 11.2. The molecule has 1 saturated carbocycles. The van der Waals surface area contributed by atoms with Crippen LogP contribution in [0.3, 0.4) is 0 Å². The highest BCUT2D eigenvalue weighted by molar-refractivity contribution is 5.80. The van der Waals surface area contributed by atoms with Gasteiger partial charge in [-0.3, -0.25) is 4.79 Å². The zero-order chi connectivity index (χ0) is 8.60. The monoisotopic (exact) mass is 167 g/mol. The largest absolute Gasteiger partial charge is 0.350 e. The molecule has 2 heteroatoms. The molecule has 0 radical (unpaired) electrons. The van der Waals surface area contributed by atoms with Crippen molar-refractivity contribution in [2.75, 3.05) is 0 Å². The predicted octanol–water partition coefficient (Wildman–Crippen LogP) is 1.85. The van der Waals surface area contributed by atoms with Gasteiger partial charge in [-0.15, -0.1) is 0 Å². The standard InChI is InChI=1S/C10H17NO/c1-8-7-9(12)11-10(8)5-3-2-4-6-10/h8H,2-7H2,1H3,(H,11,12). The molecular formula is C10H17NO. The first-order valence-electron chi connectivity index (χ1n) is 5.04.